The molecule has 92 valence electrons. The molecule has 1 aliphatic rings. The van der Waals surface area contributed by atoms with E-state index in [0.29, 0.717) is 0 Å². The third-order valence-electron chi connectivity index (χ3n) is 2.69. The van der Waals surface area contributed by atoms with Crippen LogP contribution in [0, 0.1) is 0 Å². The molecule has 0 aliphatic carbocycles. The van der Waals surface area contributed by atoms with Gasteiger partial charge in [-0.1, -0.05) is 19.4 Å². The van der Waals surface area contributed by atoms with Crippen molar-refractivity contribution >= 4 is 6.03 Å². The lowest BCUT2D eigenvalue weighted by molar-refractivity contribution is 0.174. The third kappa shape index (κ3) is 2.61. The first-order valence-electron chi connectivity index (χ1n) is 5.66. The number of nitrogens with two attached hydrogens (primary N) is 1. The Hall–Kier alpha value is -1.91. The van der Waals surface area contributed by atoms with E-state index < -0.39 is 6.03 Å². The van der Waals surface area contributed by atoms with Crippen LogP contribution in [0.4, 0.5) is 4.79 Å². The number of primary amides is 1. The summed E-state index contributed by atoms with van der Waals surface area (Å²) in [6, 6.07) is 5.07. The number of ether oxygens (including phenoxy) is 2. The summed E-state index contributed by atoms with van der Waals surface area (Å²) in [6.07, 6.45) is 1.79. The first-order valence-corrected chi connectivity index (χ1v) is 5.66. The first kappa shape index (κ1) is 11.6. The summed E-state index contributed by atoms with van der Waals surface area (Å²) in [4.78, 5) is 10.9. The van der Waals surface area contributed by atoms with Gasteiger partial charge in [-0.05, 0) is 24.1 Å². The molecule has 17 heavy (non-hydrogen) atoms. The number of fused-ring (bicyclic) bond motifs is 1. The van der Waals surface area contributed by atoms with Crippen molar-refractivity contribution < 1.29 is 14.3 Å². The summed E-state index contributed by atoms with van der Waals surface area (Å²) < 4.78 is 10.5. The molecule has 0 fully saturated rings. The maximum atomic E-state index is 10.9. The molecule has 1 aromatic carbocycles. The van der Waals surface area contributed by atoms with Crippen LogP contribution in [0.2, 0.25) is 0 Å². The number of carbonyl (C=O) groups excluding carboxylic acids is 1. The molecule has 5 nitrogen and oxygen atoms in total. The highest BCUT2D eigenvalue weighted by atomic mass is 16.7. The van der Waals surface area contributed by atoms with E-state index >= 15 is 0 Å². The van der Waals surface area contributed by atoms with Crippen molar-refractivity contribution in [2.24, 2.45) is 5.73 Å². The smallest absolute Gasteiger partial charge is 0.312 e. The first-order chi connectivity index (χ1) is 8.20. The fourth-order valence-electron chi connectivity index (χ4n) is 1.91. The minimum atomic E-state index is -0.513. The molecule has 2 rings (SSSR count). The van der Waals surface area contributed by atoms with Crippen LogP contribution in [-0.4, -0.2) is 12.8 Å². The standard InChI is InChI=1S/C12H16N2O3/c1-2-3-9(14-12(13)15)8-4-5-10-11(6-8)17-7-16-10/h4-6,9H,2-3,7H2,1H3,(H3,13,14,15)/t9-/m0/s1. The lowest BCUT2D eigenvalue weighted by atomic mass is 10.0. The van der Waals surface area contributed by atoms with Crippen LogP contribution >= 0.6 is 0 Å². The predicted octanol–water partition coefficient (Wildman–Crippen LogP) is 1.92. The van der Waals surface area contributed by atoms with Crippen molar-refractivity contribution in [3.05, 3.63) is 23.8 Å². The number of nitrogens with one attached hydrogen (secondary N) is 1. The summed E-state index contributed by atoms with van der Waals surface area (Å²) >= 11 is 0. The summed E-state index contributed by atoms with van der Waals surface area (Å²) in [7, 11) is 0. The molecule has 0 bridgehead atoms. The van der Waals surface area contributed by atoms with Crippen molar-refractivity contribution in [3.63, 3.8) is 0 Å². The number of amides is 2. The zero-order valence-electron chi connectivity index (χ0n) is 9.73. The maximum absolute atomic E-state index is 10.9. The molecule has 0 unspecified atom stereocenters. The predicted molar refractivity (Wildman–Crippen MR) is 62.9 cm³/mol. The Kier molecular flexibility index (Phi) is 3.37. The van der Waals surface area contributed by atoms with Crippen LogP contribution in [-0.2, 0) is 0 Å². The topological polar surface area (TPSA) is 73.6 Å². The highest BCUT2D eigenvalue weighted by molar-refractivity contribution is 5.72. The number of hydrogen-bond acceptors (Lipinski definition) is 3. The van der Waals surface area contributed by atoms with Crippen LogP contribution in [0.5, 0.6) is 11.5 Å². The summed E-state index contributed by atoms with van der Waals surface area (Å²) in [6.45, 7) is 2.31. The molecule has 0 saturated heterocycles. The van der Waals surface area contributed by atoms with E-state index in [1.807, 2.05) is 18.2 Å². The van der Waals surface area contributed by atoms with Crippen LogP contribution in [0.25, 0.3) is 0 Å². The Morgan fingerprint density at radius 3 is 2.94 bits per heavy atom. The molecule has 5 heteroatoms. The van der Waals surface area contributed by atoms with Gasteiger partial charge in [0.1, 0.15) is 0 Å². The number of hydrogen-bond donors (Lipinski definition) is 2. The molecular weight excluding hydrogens is 220 g/mol. The number of rotatable bonds is 4. The van der Waals surface area contributed by atoms with Gasteiger partial charge in [0.25, 0.3) is 0 Å². The van der Waals surface area contributed by atoms with E-state index in [1.54, 1.807) is 0 Å². The van der Waals surface area contributed by atoms with Crippen molar-refractivity contribution in [2.45, 2.75) is 25.8 Å². The van der Waals surface area contributed by atoms with E-state index in [2.05, 4.69) is 12.2 Å². The van der Waals surface area contributed by atoms with Crippen molar-refractivity contribution in [1.82, 2.24) is 5.32 Å². The third-order valence-corrected chi connectivity index (χ3v) is 2.69. The molecule has 0 spiro atoms. The van der Waals surface area contributed by atoms with Gasteiger partial charge in [-0.25, -0.2) is 4.79 Å². The van der Waals surface area contributed by atoms with E-state index in [9.17, 15) is 4.79 Å². The Morgan fingerprint density at radius 1 is 1.47 bits per heavy atom. The maximum Gasteiger partial charge on any atom is 0.312 e. The number of carbonyl (C=O) groups is 1. The average molecular weight is 236 g/mol. The van der Waals surface area contributed by atoms with Crippen LogP contribution in [0.1, 0.15) is 31.4 Å². The second-order valence-corrected chi connectivity index (χ2v) is 3.96. The minimum Gasteiger partial charge on any atom is -0.454 e. The molecule has 2 amide bonds. The second-order valence-electron chi connectivity index (χ2n) is 3.96. The molecule has 1 atom stereocenters. The van der Waals surface area contributed by atoms with Gasteiger partial charge < -0.3 is 20.5 Å². The molecule has 0 radical (unpaired) electrons. The Labute approximate surface area is 99.9 Å². The SMILES string of the molecule is CCC[C@H](NC(N)=O)c1ccc2c(c1)OCO2. The van der Waals surface area contributed by atoms with Gasteiger partial charge in [-0.3, -0.25) is 0 Å². The van der Waals surface area contributed by atoms with Gasteiger partial charge in [-0.2, -0.15) is 0 Å². The lowest BCUT2D eigenvalue weighted by Crippen LogP contribution is -2.33. The van der Waals surface area contributed by atoms with Gasteiger partial charge >= 0.3 is 6.03 Å². The molecule has 1 aliphatic heterocycles. The Morgan fingerprint density at radius 2 is 2.24 bits per heavy atom. The van der Waals surface area contributed by atoms with E-state index in [1.165, 1.54) is 0 Å². The van der Waals surface area contributed by atoms with Crippen LogP contribution in [0.15, 0.2) is 18.2 Å². The van der Waals surface area contributed by atoms with E-state index in [0.717, 1.165) is 29.9 Å². The molecule has 0 saturated carbocycles. The summed E-state index contributed by atoms with van der Waals surface area (Å²) in [5.41, 5.74) is 6.15. The van der Waals surface area contributed by atoms with Crippen molar-refractivity contribution in [2.75, 3.05) is 6.79 Å². The van der Waals surface area contributed by atoms with E-state index in [-0.39, 0.29) is 12.8 Å². The van der Waals surface area contributed by atoms with Gasteiger partial charge in [-0.15, -0.1) is 0 Å². The normalized spacial score (nSPS) is 14.4. The number of urea groups is 1. The molecule has 1 aromatic rings. The van der Waals surface area contributed by atoms with Crippen LogP contribution < -0.4 is 20.5 Å². The summed E-state index contributed by atoms with van der Waals surface area (Å²) in [5.74, 6) is 1.46. The fourth-order valence-corrected chi connectivity index (χ4v) is 1.91. The average Bonchev–Trinajstić information content (AvgIpc) is 2.74. The highest BCUT2D eigenvalue weighted by Crippen LogP contribution is 2.34. The van der Waals surface area contributed by atoms with Gasteiger partial charge in [0.15, 0.2) is 11.5 Å². The fraction of sp³-hybridized carbons (Fsp3) is 0.417. The second kappa shape index (κ2) is 4.95. The molecule has 3 N–H and O–H groups in total. The zero-order chi connectivity index (χ0) is 12.3. The van der Waals surface area contributed by atoms with Gasteiger partial charge in [0, 0.05) is 0 Å². The van der Waals surface area contributed by atoms with Gasteiger partial charge in [0.2, 0.25) is 6.79 Å². The van der Waals surface area contributed by atoms with Crippen LogP contribution in [0.3, 0.4) is 0 Å². The van der Waals surface area contributed by atoms with Gasteiger partial charge in [0.05, 0.1) is 6.04 Å². The van der Waals surface area contributed by atoms with E-state index in [4.69, 9.17) is 15.2 Å². The number of benzene rings is 1. The lowest BCUT2D eigenvalue weighted by Gasteiger charge is -2.17. The minimum absolute atomic E-state index is 0.0769. The molecule has 0 aromatic heterocycles. The molecular formula is C12H16N2O3. The summed E-state index contributed by atoms with van der Waals surface area (Å²) in [5, 5.41) is 2.73. The molecule has 1 heterocycles. The zero-order valence-corrected chi connectivity index (χ0v) is 9.73. The largest absolute Gasteiger partial charge is 0.454 e. The highest BCUT2D eigenvalue weighted by Gasteiger charge is 2.18. The Bertz CT molecular complexity index is 420. The van der Waals surface area contributed by atoms with Crippen molar-refractivity contribution in [3.8, 4) is 11.5 Å². The van der Waals surface area contributed by atoms with Crippen molar-refractivity contribution in [1.29, 1.82) is 0 Å². The Balaban J connectivity index is 2.20. The quantitative estimate of drug-likeness (QED) is 0.838. The monoisotopic (exact) mass is 236 g/mol.